The van der Waals surface area contributed by atoms with Gasteiger partial charge in [0.2, 0.25) is 0 Å². The Kier molecular flexibility index (Phi) is 9.98. The van der Waals surface area contributed by atoms with Crippen LogP contribution < -0.4 is 10.6 Å². The van der Waals surface area contributed by atoms with E-state index in [1.54, 1.807) is 0 Å². The lowest BCUT2D eigenvalue weighted by atomic mass is 9.94. The van der Waals surface area contributed by atoms with Crippen molar-refractivity contribution in [1.82, 2.24) is 10.6 Å². The number of hydrogen-bond acceptors (Lipinski definition) is 11. The minimum Gasteiger partial charge on any atom is -0.394 e. The Labute approximate surface area is 215 Å². The number of aliphatic hydroxyl groups is 6. The molecule has 2 fully saturated rings. The first kappa shape index (κ1) is 28.0. The molecule has 4 rings (SSSR count). The second-order valence-electron chi connectivity index (χ2n) is 9.33. The van der Waals surface area contributed by atoms with E-state index >= 15 is 0 Å². The highest BCUT2D eigenvalue weighted by molar-refractivity contribution is 5.16. The summed E-state index contributed by atoms with van der Waals surface area (Å²) in [5.74, 6) is 0. The number of rotatable bonds is 10. The molecule has 0 spiro atoms. The molecule has 0 radical (unpaired) electrons. The van der Waals surface area contributed by atoms with Crippen LogP contribution in [-0.4, -0.2) is 105 Å². The van der Waals surface area contributed by atoms with E-state index in [1.807, 2.05) is 60.7 Å². The highest BCUT2D eigenvalue weighted by atomic mass is 16.7. The summed E-state index contributed by atoms with van der Waals surface area (Å²) in [4.78, 5) is 0. The zero-order chi connectivity index (χ0) is 26.4. The molecule has 0 aliphatic carbocycles. The molecule has 8 N–H and O–H groups in total. The summed E-state index contributed by atoms with van der Waals surface area (Å²) in [6.45, 7) is -0.275. The Morgan fingerprint density at radius 2 is 1.22 bits per heavy atom. The lowest BCUT2D eigenvalue weighted by molar-refractivity contribution is -0.337. The maximum atomic E-state index is 11.4. The molecule has 11 nitrogen and oxygen atoms in total. The van der Waals surface area contributed by atoms with Gasteiger partial charge in [0.15, 0.2) is 6.29 Å². The summed E-state index contributed by atoms with van der Waals surface area (Å²) in [6, 6.07) is 18.5. The Bertz CT molecular complexity index is 938. The number of aliphatic hydroxyl groups excluding tert-OH is 6. The molecular weight excluding hydrogens is 484 g/mol. The van der Waals surface area contributed by atoms with Crippen LogP contribution in [0.2, 0.25) is 0 Å². The number of ether oxygens (including phenoxy) is 3. The van der Waals surface area contributed by atoms with Crippen molar-refractivity contribution in [2.75, 3.05) is 13.2 Å². The third-order valence-corrected chi connectivity index (χ3v) is 6.77. The van der Waals surface area contributed by atoms with Gasteiger partial charge in [-0.05, 0) is 11.1 Å². The van der Waals surface area contributed by atoms with Gasteiger partial charge in [-0.15, -0.1) is 0 Å². The Morgan fingerprint density at radius 1 is 0.649 bits per heavy atom. The van der Waals surface area contributed by atoms with Crippen LogP contribution in [0.15, 0.2) is 60.7 Å². The molecule has 2 aliphatic rings. The van der Waals surface area contributed by atoms with Crippen LogP contribution in [0.3, 0.4) is 0 Å². The topological polar surface area (TPSA) is 173 Å². The van der Waals surface area contributed by atoms with Gasteiger partial charge in [-0.3, -0.25) is 5.32 Å². The smallest absolute Gasteiger partial charge is 0.187 e. The zero-order valence-electron chi connectivity index (χ0n) is 20.3. The van der Waals surface area contributed by atoms with Gasteiger partial charge in [0, 0.05) is 13.1 Å². The SMILES string of the molecule is OC[C@H]1O[C@@H](O[C@H]2[C@H](O)[C@@H](NCc3ccccc3)[C@H](NCc3ccccc3)O[C@@H]2CO)[C@H](O)[C@@H](O)[C@H]1O. The molecule has 2 aliphatic heterocycles. The highest BCUT2D eigenvalue weighted by Gasteiger charge is 2.50. The minimum atomic E-state index is -1.66. The fourth-order valence-corrected chi connectivity index (χ4v) is 4.65. The van der Waals surface area contributed by atoms with Gasteiger partial charge in [0.25, 0.3) is 0 Å². The van der Waals surface area contributed by atoms with E-state index in [1.165, 1.54) is 0 Å². The molecule has 0 amide bonds. The van der Waals surface area contributed by atoms with Gasteiger partial charge in [0.05, 0.1) is 19.3 Å². The molecule has 0 aromatic heterocycles. The number of nitrogens with one attached hydrogen (secondary N) is 2. The van der Waals surface area contributed by atoms with Crippen molar-refractivity contribution in [3.63, 3.8) is 0 Å². The zero-order valence-corrected chi connectivity index (χ0v) is 20.3. The molecule has 10 atom stereocenters. The predicted octanol–water partition coefficient (Wildman–Crippen LogP) is -1.80. The van der Waals surface area contributed by atoms with Crippen molar-refractivity contribution >= 4 is 0 Å². The number of benzene rings is 2. The summed E-state index contributed by atoms with van der Waals surface area (Å²) >= 11 is 0. The fourth-order valence-electron chi connectivity index (χ4n) is 4.65. The summed E-state index contributed by atoms with van der Waals surface area (Å²) in [5, 5.41) is 68.2. The Morgan fingerprint density at radius 3 is 1.78 bits per heavy atom. The van der Waals surface area contributed by atoms with E-state index < -0.39 is 74.5 Å². The summed E-state index contributed by atoms with van der Waals surface area (Å²) in [7, 11) is 0. The maximum Gasteiger partial charge on any atom is 0.187 e. The first-order valence-corrected chi connectivity index (χ1v) is 12.4. The van der Waals surface area contributed by atoms with Crippen LogP contribution >= 0.6 is 0 Å². The van der Waals surface area contributed by atoms with Gasteiger partial charge >= 0.3 is 0 Å². The first-order valence-electron chi connectivity index (χ1n) is 12.4. The van der Waals surface area contributed by atoms with Crippen LogP contribution in [0.4, 0.5) is 0 Å². The van der Waals surface area contributed by atoms with E-state index in [0.29, 0.717) is 13.1 Å². The van der Waals surface area contributed by atoms with Crippen molar-refractivity contribution in [3.8, 4) is 0 Å². The van der Waals surface area contributed by atoms with Crippen LogP contribution in [0.25, 0.3) is 0 Å². The van der Waals surface area contributed by atoms with Crippen molar-refractivity contribution in [2.24, 2.45) is 0 Å². The van der Waals surface area contributed by atoms with Crippen LogP contribution in [0.5, 0.6) is 0 Å². The number of hydrogen-bond donors (Lipinski definition) is 8. The molecule has 2 heterocycles. The average molecular weight is 521 g/mol. The van der Waals surface area contributed by atoms with Gasteiger partial charge < -0.3 is 50.2 Å². The average Bonchev–Trinajstić information content (AvgIpc) is 2.93. The van der Waals surface area contributed by atoms with Crippen LogP contribution in [-0.2, 0) is 27.3 Å². The molecule has 2 saturated heterocycles. The normalized spacial score (nSPS) is 36.4. The van der Waals surface area contributed by atoms with Gasteiger partial charge in [0.1, 0.15) is 49.0 Å². The van der Waals surface area contributed by atoms with Crippen molar-refractivity contribution in [3.05, 3.63) is 71.8 Å². The van der Waals surface area contributed by atoms with E-state index in [4.69, 9.17) is 14.2 Å². The Hall–Kier alpha value is -2.00. The predicted molar refractivity (Wildman–Crippen MR) is 131 cm³/mol. The molecule has 0 bridgehead atoms. The fraction of sp³-hybridized carbons (Fsp3) is 0.538. The molecule has 204 valence electrons. The van der Waals surface area contributed by atoms with Gasteiger partial charge in [-0.1, -0.05) is 60.7 Å². The quantitative estimate of drug-likeness (QED) is 0.178. The molecule has 11 heteroatoms. The van der Waals surface area contributed by atoms with E-state index in [2.05, 4.69) is 10.6 Å². The second-order valence-corrected chi connectivity index (χ2v) is 9.33. The second kappa shape index (κ2) is 13.2. The molecule has 37 heavy (non-hydrogen) atoms. The third kappa shape index (κ3) is 6.72. The van der Waals surface area contributed by atoms with E-state index in [9.17, 15) is 30.6 Å². The van der Waals surface area contributed by atoms with E-state index in [0.717, 1.165) is 11.1 Å². The Balaban J connectivity index is 1.52. The summed E-state index contributed by atoms with van der Waals surface area (Å²) in [5.41, 5.74) is 1.98. The molecular formula is C26H36N2O9. The molecule has 2 aromatic rings. The van der Waals surface area contributed by atoms with Crippen molar-refractivity contribution < 1.29 is 44.8 Å². The monoisotopic (exact) mass is 520 g/mol. The lowest BCUT2D eigenvalue weighted by Gasteiger charge is -2.47. The first-order chi connectivity index (χ1) is 17.9. The largest absolute Gasteiger partial charge is 0.394 e. The molecule has 0 saturated carbocycles. The maximum absolute atomic E-state index is 11.4. The summed E-state index contributed by atoms with van der Waals surface area (Å²) < 4.78 is 17.4. The van der Waals surface area contributed by atoms with Crippen molar-refractivity contribution in [1.29, 1.82) is 0 Å². The van der Waals surface area contributed by atoms with Crippen molar-refractivity contribution in [2.45, 2.75) is 74.4 Å². The standard InChI is InChI=1S/C26H36N2O9/c29-13-17-20(31)22(33)23(34)26(36-17)37-24-18(14-30)35-25(28-12-16-9-5-2-6-10-16)19(21(24)32)27-11-15-7-3-1-4-8-15/h1-10,17-34H,11-14H2/t17-,18-,19-,20+,21-,22+,23-,24-,25-,26+/m1/s1. The lowest BCUT2D eigenvalue weighted by Crippen LogP contribution is -2.69. The van der Waals surface area contributed by atoms with Crippen LogP contribution in [0.1, 0.15) is 11.1 Å². The highest BCUT2D eigenvalue weighted by Crippen LogP contribution is 2.29. The van der Waals surface area contributed by atoms with E-state index in [-0.39, 0.29) is 0 Å². The molecule has 0 unspecified atom stereocenters. The summed E-state index contributed by atoms with van der Waals surface area (Å²) in [6.07, 6.45) is -11.7. The van der Waals surface area contributed by atoms with Crippen LogP contribution in [0, 0.1) is 0 Å². The third-order valence-electron chi connectivity index (χ3n) is 6.77. The molecule has 2 aromatic carbocycles. The van der Waals surface area contributed by atoms with Gasteiger partial charge in [-0.25, -0.2) is 0 Å². The minimum absolute atomic E-state index is 0.409. The van der Waals surface area contributed by atoms with Gasteiger partial charge in [-0.2, -0.15) is 0 Å².